The molecular formula is C17H20O2. The lowest BCUT2D eigenvalue weighted by Gasteiger charge is -2.17. The molecule has 0 saturated carbocycles. The molecule has 0 aromatic heterocycles. The van der Waals surface area contributed by atoms with Gasteiger partial charge in [0.05, 0.1) is 6.61 Å². The van der Waals surface area contributed by atoms with Gasteiger partial charge >= 0.3 is 0 Å². The van der Waals surface area contributed by atoms with Crippen LogP contribution in [-0.4, -0.2) is 18.3 Å². The average molecular weight is 256 g/mol. The van der Waals surface area contributed by atoms with E-state index in [-0.39, 0.29) is 12.5 Å². The highest BCUT2D eigenvalue weighted by Gasteiger charge is 2.13. The minimum absolute atomic E-state index is 0.187. The van der Waals surface area contributed by atoms with Crippen molar-refractivity contribution in [3.8, 4) is 5.75 Å². The summed E-state index contributed by atoms with van der Waals surface area (Å²) in [7, 11) is 0. The molecule has 0 aliphatic rings. The quantitative estimate of drug-likeness (QED) is 0.855. The second-order valence-electron chi connectivity index (χ2n) is 4.48. The molecule has 2 nitrogen and oxygen atoms in total. The first-order chi connectivity index (χ1) is 9.35. The Morgan fingerprint density at radius 1 is 0.947 bits per heavy atom. The Balaban J connectivity index is 2.24. The van der Waals surface area contributed by atoms with Crippen LogP contribution in [0.1, 0.15) is 30.4 Å². The molecule has 1 atom stereocenters. The van der Waals surface area contributed by atoms with Gasteiger partial charge in [0.1, 0.15) is 5.75 Å². The van der Waals surface area contributed by atoms with Crippen LogP contribution in [0.2, 0.25) is 0 Å². The van der Waals surface area contributed by atoms with E-state index in [9.17, 15) is 5.11 Å². The van der Waals surface area contributed by atoms with Crippen LogP contribution in [-0.2, 0) is 0 Å². The van der Waals surface area contributed by atoms with Gasteiger partial charge in [0.2, 0.25) is 0 Å². The van der Waals surface area contributed by atoms with Gasteiger partial charge < -0.3 is 9.84 Å². The second kappa shape index (κ2) is 6.95. The van der Waals surface area contributed by atoms with Gasteiger partial charge in [-0.3, -0.25) is 0 Å². The minimum Gasteiger partial charge on any atom is -0.494 e. The number of aliphatic hydroxyl groups excluding tert-OH is 1. The molecule has 0 heterocycles. The summed E-state index contributed by atoms with van der Waals surface area (Å²) in [5, 5.41) is 9.27. The zero-order valence-corrected chi connectivity index (χ0v) is 11.3. The summed E-state index contributed by atoms with van der Waals surface area (Å²) in [6.45, 7) is 2.84. The van der Waals surface area contributed by atoms with Crippen molar-refractivity contribution in [1.29, 1.82) is 0 Å². The third-order valence-corrected chi connectivity index (χ3v) is 3.21. The Labute approximate surface area is 114 Å². The van der Waals surface area contributed by atoms with Gasteiger partial charge in [0.25, 0.3) is 0 Å². The van der Waals surface area contributed by atoms with Gasteiger partial charge in [0.15, 0.2) is 0 Å². The number of aliphatic hydroxyl groups is 1. The molecule has 0 aliphatic carbocycles. The molecule has 0 saturated heterocycles. The molecule has 2 heteroatoms. The van der Waals surface area contributed by atoms with E-state index in [1.807, 2.05) is 37.3 Å². The van der Waals surface area contributed by atoms with Crippen LogP contribution >= 0.6 is 0 Å². The number of benzene rings is 2. The van der Waals surface area contributed by atoms with E-state index in [2.05, 4.69) is 24.3 Å². The van der Waals surface area contributed by atoms with E-state index in [4.69, 9.17) is 4.74 Å². The first-order valence-electron chi connectivity index (χ1n) is 6.73. The monoisotopic (exact) mass is 256 g/mol. The van der Waals surface area contributed by atoms with Crippen LogP contribution < -0.4 is 4.74 Å². The zero-order valence-electron chi connectivity index (χ0n) is 11.3. The van der Waals surface area contributed by atoms with Gasteiger partial charge in [-0.15, -0.1) is 0 Å². The Morgan fingerprint density at radius 3 is 2.16 bits per heavy atom. The fourth-order valence-electron chi connectivity index (χ4n) is 2.30. The molecule has 2 rings (SSSR count). The Kier molecular flexibility index (Phi) is 4.99. The molecule has 0 bridgehead atoms. The smallest absolute Gasteiger partial charge is 0.119 e. The Morgan fingerprint density at radius 2 is 1.58 bits per heavy atom. The number of hydrogen-bond acceptors (Lipinski definition) is 2. The van der Waals surface area contributed by atoms with E-state index >= 15 is 0 Å². The lowest BCUT2D eigenvalue weighted by atomic mass is 9.89. The highest BCUT2D eigenvalue weighted by Crippen LogP contribution is 2.28. The molecule has 0 spiro atoms. The fourth-order valence-corrected chi connectivity index (χ4v) is 2.30. The van der Waals surface area contributed by atoms with Crippen LogP contribution in [0, 0.1) is 0 Å². The standard InChI is InChI=1S/C17H20O2/c1-2-19-16-10-8-15(9-11-16)17(12-13-18)14-6-4-3-5-7-14/h3-11,17-18H,2,12-13H2,1H3. The first-order valence-corrected chi connectivity index (χ1v) is 6.73. The van der Waals surface area contributed by atoms with E-state index < -0.39 is 0 Å². The molecule has 0 fully saturated rings. The molecule has 1 N–H and O–H groups in total. The van der Waals surface area contributed by atoms with E-state index in [0.29, 0.717) is 6.61 Å². The average Bonchev–Trinajstić information content (AvgIpc) is 2.47. The normalized spacial score (nSPS) is 12.1. The maximum Gasteiger partial charge on any atom is 0.119 e. The third kappa shape index (κ3) is 3.58. The highest BCUT2D eigenvalue weighted by atomic mass is 16.5. The van der Waals surface area contributed by atoms with Crippen LogP contribution in [0.15, 0.2) is 54.6 Å². The maximum atomic E-state index is 9.27. The van der Waals surface area contributed by atoms with Crippen molar-refractivity contribution in [2.75, 3.05) is 13.2 Å². The van der Waals surface area contributed by atoms with E-state index in [1.54, 1.807) is 0 Å². The lowest BCUT2D eigenvalue weighted by Crippen LogP contribution is -2.03. The second-order valence-corrected chi connectivity index (χ2v) is 4.48. The van der Waals surface area contributed by atoms with Gasteiger partial charge in [-0.25, -0.2) is 0 Å². The summed E-state index contributed by atoms with van der Waals surface area (Å²) in [4.78, 5) is 0. The first kappa shape index (κ1) is 13.6. The number of ether oxygens (including phenoxy) is 1. The molecule has 1 unspecified atom stereocenters. The number of rotatable bonds is 6. The van der Waals surface area contributed by atoms with Crippen LogP contribution in [0.25, 0.3) is 0 Å². The molecule has 19 heavy (non-hydrogen) atoms. The lowest BCUT2D eigenvalue weighted by molar-refractivity contribution is 0.281. The summed E-state index contributed by atoms with van der Waals surface area (Å²) in [5.41, 5.74) is 2.45. The van der Waals surface area contributed by atoms with Gasteiger partial charge in [-0.2, -0.15) is 0 Å². The summed E-state index contributed by atoms with van der Waals surface area (Å²) in [6.07, 6.45) is 0.734. The van der Waals surface area contributed by atoms with Crippen molar-refractivity contribution in [3.05, 3.63) is 65.7 Å². The van der Waals surface area contributed by atoms with Crippen molar-refractivity contribution >= 4 is 0 Å². The van der Waals surface area contributed by atoms with Gasteiger partial charge in [0, 0.05) is 12.5 Å². The van der Waals surface area contributed by atoms with Crippen molar-refractivity contribution in [3.63, 3.8) is 0 Å². The summed E-state index contributed by atoms with van der Waals surface area (Å²) < 4.78 is 5.46. The van der Waals surface area contributed by atoms with E-state index in [1.165, 1.54) is 11.1 Å². The molecule has 2 aromatic carbocycles. The zero-order chi connectivity index (χ0) is 13.5. The third-order valence-electron chi connectivity index (χ3n) is 3.21. The largest absolute Gasteiger partial charge is 0.494 e. The maximum absolute atomic E-state index is 9.27. The van der Waals surface area contributed by atoms with Gasteiger partial charge in [-0.05, 0) is 36.6 Å². The highest BCUT2D eigenvalue weighted by molar-refractivity contribution is 5.36. The summed E-state index contributed by atoms with van der Waals surface area (Å²) >= 11 is 0. The summed E-state index contributed by atoms with van der Waals surface area (Å²) in [5.74, 6) is 1.13. The predicted octanol–water partition coefficient (Wildman–Crippen LogP) is 3.60. The molecule has 0 aliphatic heterocycles. The van der Waals surface area contributed by atoms with Crippen molar-refractivity contribution < 1.29 is 9.84 Å². The summed E-state index contributed by atoms with van der Waals surface area (Å²) in [6, 6.07) is 18.4. The molecule has 2 aromatic rings. The van der Waals surface area contributed by atoms with E-state index in [0.717, 1.165) is 12.2 Å². The SMILES string of the molecule is CCOc1ccc(C(CCO)c2ccccc2)cc1. The minimum atomic E-state index is 0.187. The van der Waals surface area contributed by atoms with Crippen LogP contribution in [0.4, 0.5) is 0 Å². The van der Waals surface area contributed by atoms with Crippen molar-refractivity contribution in [2.24, 2.45) is 0 Å². The fraction of sp³-hybridized carbons (Fsp3) is 0.294. The Hall–Kier alpha value is -1.80. The molecule has 0 radical (unpaired) electrons. The number of hydrogen-bond donors (Lipinski definition) is 1. The van der Waals surface area contributed by atoms with Crippen molar-refractivity contribution in [2.45, 2.75) is 19.3 Å². The molecule has 100 valence electrons. The van der Waals surface area contributed by atoms with Crippen LogP contribution in [0.5, 0.6) is 5.75 Å². The predicted molar refractivity (Wildman–Crippen MR) is 77.6 cm³/mol. The molecule has 0 amide bonds. The van der Waals surface area contributed by atoms with Crippen molar-refractivity contribution in [1.82, 2.24) is 0 Å². The van der Waals surface area contributed by atoms with Gasteiger partial charge in [-0.1, -0.05) is 42.5 Å². The molecular weight excluding hydrogens is 236 g/mol. The topological polar surface area (TPSA) is 29.5 Å². The Bertz CT molecular complexity index is 476. The van der Waals surface area contributed by atoms with Crippen LogP contribution in [0.3, 0.4) is 0 Å².